The Kier molecular flexibility index (Phi) is 2.33. The van der Waals surface area contributed by atoms with Gasteiger partial charge in [0.05, 0.1) is 15.7 Å². The highest BCUT2D eigenvalue weighted by Gasteiger charge is 2.10. The molecule has 0 saturated carbocycles. The summed E-state index contributed by atoms with van der Waals surface area (Å²) in [7, 11) is 0. The molecule has 2 aromatic rings. The van der Waals surface area contributed by atoms with Crippen LogP contribution < -0.4 is 0 Å². The van der Waals surface area contributed by atoms with Gasteiger partial charge in [0.25, 0.3) is 0 Å². The second kappa shape index (κ2) is 3.50. The average Bonchev–Trinajstić information content (AvgIpc) is 2.62. The van der Waals surface area contributed by atoms with Gasteiger partial charge in [-0.3, -0.25) is 4.79 Å². The number of carbonyl (C=O) groups is 1. The number of fused-ring (bicyclic) bond motifs is 1. The molecule has 0 amide bonds. The zero-order valence-corrected chi connectivity index (χ0v) is 8.97. The molecule has 2 rings (SSSR count). The van der Waals surface area contributed by atoms with Gasteiger partial charge in [-0.15, -0.1) is 11.3 Å². The van der Waals surface area contributed by atoms with Crippen LogP contribution in [-0.4, -0.2) is 10.8 Å². The fourth-order valence-electron chi connectivity index (χ4n) is 1.34. The van der Waals surface area contributed by atoms with E-state index in [-0.39, 0.29) is 11.7 Å². The number of Topliss-reactive ketones (excluding diaryl/α,β-unsaturated/α-hetero) is 1. The number of ketones is 1. The average molecular weight is 205 g/mol. The second-order valence-electron chi connectivity index (χ2n) is 3.55. The normalized spacial score (nSPS) is 11.1. The molecule has 3 heteroatoms. The number of nitrogens with zero attached hydrogens (tertiary/aromatic N) is 1. The molecular weight excluding hydrogens is 194 g/mol. The van der Waals surface area contributed by atoms with Crippen molar-refractivity contribution < 1.29 is 4.79 Å². The number of carbonyl (C=O) groups excluding carboxylic acids is 1. The lowest BCUT2D eigenvalue weighted by Gasteiger charge is -2.03. The van der Waals surface area contributed by atoms with Crippen molar-refractivity contribution >= 4 is 27.3 Å². The first-order chi connectivity index (χ1) is 6.68. The first kappa shape index (κ1) is 9.34. The Hall–Kier alpha value is -1.22. The van der Waals surface area contributed by atoms with Crippen molar-refractivity contribution in [2.45, 2.75) is 13.8 Å². The number of rotatable bonds is 2. The summed E-state index contributed by atoms with van der Waals surface area (Å²) in [5, 5.41) is 0. The zero-order valence-electron chi connectivity index (χ0n) is 8.15. The molecule has 72 valence electrons. The lowest BCUT2D eigenvalue weighted by molar-refractivity contribution is 0.0939. The molecule has 1 aromatic heterocycles. The van der Waals surface area contributed by atoms with Crippen molar-refractivity contribution in [2.75, 3.05) is 0 Å². The standard InChI is InChI=1S/C11H11NOS/c1-7(2)11(13)8-3-4-10-9(5-8)12-6-14-10/h3-7H,1-2H3. The van der Waals surface area contributed by atoms with Gasteiger partial charge in [-0.05, 0) is 18.2 Å². The summed E-state index contributed by atoms with van der Waals surface area (Å²) in [5.74, 6) is 0.228. The lowest BCUT2D eigenvalue weighted by atomic mass is 10.0. The molecule has 1 aromatic carbocycles. The molecule has 0 unspecified atom stereocenters. The van der Waals surface area contributed by atoms with E-state index in [0.29, 0.717) is 0 Å². The number of hydrogen-bond donors (Lipinski definition) is 0. The maximum atomic E-state index is 11.7. The second-order valence-corrected chi connectivity index (χ2v) is 4.44. The largest absolute Gasteiger partial charge is 0.294 e. The third kappa shape index (κ3) is 1.55. The Balaban J connectivity index is 2.48. The Morgan fingerprint density at radius 2 is 2.21 bits per heavy atom. The monoisotopic (exact) mass is 205 g/mol. The van der Waals surface area contributed by atoms with E-state index >= 15 is 0 Å². The van der Waals surface area contributed by atoms with E-state index in [9.17, 15) is 4.79 Å². The minimum atomic E-state index is 0.0473. The molecule has 0 spiro atoms. The van der Waals surface area contributed by atoms with Gasteiger partial charge in [0, 0.05) is 11.5 Å². The molecule has 14 heavy (non-hydrogen) atoms. The maximum absolute atomic E-state index is 11.7. The van der Waals surface area contributed by atoms with E-state index in [1.54, 1.807) is 16.8 Å². The molecular formula is C11H11NOS. The molecule has 0 bridgehead atoms. The van der Waals surface area contributed by atoms with Crippen LogP contribution in [-0.2, 0) is 0 Å². The Labute approximate surface area is 86.6 Å². The molecule has 2 nitrogen and oxygen atoms in total. The molecule has 1 heterocycles. The van der Waals surface area contributed by atoms with Gasteiger partial charge < -0.3 is 0 Å². The van der Waals surface area contributed by atoms with Crippen molar-refractivity contribution in [1.29, 1.82) is 0 Å². The van der Waals surface area contributed by atoms with Crippen LogP contribution >= 0.6 is 11.3 Å². The third-order valence-corrected chi connectivity index (χ3v) is 2.95. The van der Waals surface area contributed by atoms with Gasteiger partial charge in [0.2, 0.25) is 0 Å². The van der Waals surface area contributed by atoms with Gasteiger partial charge in [0.15, 0.2) is 5.78 Å². The minimum Gasteiger partial charge on any atom is -0.294 e. The van der Waals surface area contributed by atoms with Crippen LogP contribution in [0.1, 0.15) is 24.2 Å². The highest BCUT2D eigenvalue weighted by atomic mass is 32.1. The summed E-state index contributed by atoms with van der Waals surface area (Å²) < 4.78 is 1.13. The SMILES string of the molecule is CC(C)C(=O)c1ccc2scnc2c1. The van der Waals surface area contributed by atoms with Crippen molar-refractivity contribution in [3.63, 3.8) is 0 Å². The molecule has 0 radical (unpaired) electrons. The first-order valence-corrected chi connectivity index (χ1v) is 5.44. The van der Waals surface area contributed by atoms with Gasteiger partial charge in [-0.1, -0.05) is 13.8 Å². The smallest absolute Gasteiger partial charge is 0.165 e. The third-order valence-electron chi connectivity index (χ3n) is 2.14. The van der Waals surface area contributed by atoms with Crippen molar-refractivity contribution in [2.24, 2.45) is 5.92 Å². The van der Waals surface area contributed by atoms with Gasteiger partial charge in [-0.2, -0.15) is 0 Å². The highest BCUT2D eigenvalue weighted by Crippen LogP contribution is 2.20. The molecule has 0 aliphatic heterocycles. The van der Waals surface area contributed by atoms with E-state index in [2.05, 4.69) is 4.98 Å². The minimum absolute atomic E-state index is 0.0473. The number of thiazole rings is 1. The predicted octanol–water partition coefficient (Wildman–Crippen LogP) is 3.14. The van der Waals surface area contributed by atoms with Crippen LogP contribution in [0.5, 0.6) is 0 Å². The van der Waals surface area contributed by atoms with Crippen LogP contribution in [0.3, 0.4) is 0 Å². The van der Waals surface area contributed by atoms with Crippen molar-refractivity contribution in [3.05, 3.63) is 29.3 Å². The lowest BCUT2D eigenvalue weighted by Crippen LogP contribution is -2.06. The molecule has 0 atom stereocenters. The fourth-order valence-corrected chi connectivity index (χ4v) is 2.00. The number of hydrogen-bond acceptors (Lipinski definition) is 3. The predicted molar refractivity (Wildman–Crippen MR) is 58.8 cm³/mol. The number of benzene rings is 1. The molecule has 0 fully saturated rings. The summed E-state index contributed by atoms with van der Waals surface area (Å²) in [5.41, 5.74) is 3.48. The van der Waals surface area contributed by atoms with E-state index in [4.69, 9.17) is 0 Å². The van der Waals surface area contributed by atoms with E-state index in [1.807, 2.05) is 32.0 Å². The van der Waals surface area contributed by atoms with Crippen molar-refractivity contribution in [1.82, 2.24) is 4.98 Å². The first-order valence-electron chi connectivity index (χ1n) is 4.56. The van der Waals surface area contributed by atoms with Crippen LogP contribution in [0.2, 0.25) is 0 Å². The van der Waals surface area contributed by atoms with E-state index < -0.39 is 0 Å². The van der Waals surface area contributed by atoms with Crippen LogP contribution in [0.4, 0.5) is 0 Å². The molecule has 0 saturated heterocycles. The van der Waals surface area contributed by atoms with Crippen LogP contribution in [0, 0.1) is 5.92 Å². The molecule has 0 N–H and O–H groups in total. The highest BCUT2D eigenvalue weighted by molar-refractivity contribution is 7.16. The Morgan fingerprint density at radius 3 is 2.93 bits per heavy atom. The summed E-state index contributed by atoms with van der Waals surface area (Å²) in [6, 6.07) is 5.71. The number of aromatic nitrogens is 1. The molecule has 0 aliphatic carbocycles. The van der Waals surface area contributed by atoms with Gasteiger partial charge >= 0.3 is 0 Å². The fraction of sp³-hybridized carbons (Fsp3) is 0.273. The zero-order chi connectivity index (χ0) is 10.1. The Bertz CT molecular complexity index is 473. The van der Waals surface area contributed by atoms with E-state index in [0.717, 1.165) is 15.8 Å². The van der Waals surface area contributed by atoms with Crippen molar-refractivity contribution in [3.8, 4) is 0 Å². The summed E-state index contributed by atoms with van der Waals surface area (Å²) in [6.07, 6.45) is 0. The van der Waals surface area contributed by atoms with E-state index in [1.165, 1.54) is 0 Å². The quantitative estimate of drug-likeness (QED) is 0.705. The Morgan fingerprint density at radius 1 is 1.43 bits per heavy atom. The van der Waals surface area contributed by atoms with Crippen LogP contribution in [0.15, 0.2) is 23.7 Å². The summed E-state index contributed by atoms with van der Waals surface area (Å²) in [4.78, 5) is 15.9. The maximum Gasteiger partial charge on any atom is 0.165 e. The molecule has 0 aliphatic rings. The summed E-state index contributed by atoms with van der Waals surface area (Å²) >= 11 is 1.59. The summed E-state index contributed by atoms with van der Waals surface area (Å²) in [6.45, 7) is 3.82. The van der Waals surface area contributed by atoms with Crippen LogP contribution in [0.25, 0.3) is 10.2 Å². The topological polar surface area (TPSA) is 30.0 Å². The van der Waals surface area contributed by atoms with Gasteiger partial charge in [0.1, 0.15) is 0 Å². The van der Waals surface area contributed by atoms with Gasteiger partial charge in [-0.25, -0.2) is 4.98 Å².